The average molecular weight is 192 g/mol. The van der Waals surface area contributed by atoms with E-state index < -0.39 is 0 Å². The highest BCUT2D eigenvalue weighted by molar-refractivity contribution is 5.32. The summed E-state index contributed by atoms with van der Waals surface area (Å²) in [4.78, 5) is 0. The molecule has 0 bridgehead atoms. The Morgan fingerprint density at radius 3 is 2.43 bits per heavy atom. The molecule has 1 saturated carbocycles. The lowest BCUT2D eigenvalue weighted by Crippen LogP contribution is -2.03. The van der Waals surface area contributed by atoms with Crippen LogP contribution < -0.4 is 4.74 Å². The van der Waals surface area contributed by atoms with Gasteiger partial charge in [-0.2, -0.15) is 0 Å². The van der Waals surface area contributed by atoms with Gasteiger partial charge in [0.2, 0.25) is 0 Å². The summed E-state index contributed by atoms with van der Waals surface area (Å²) in [6.45, 7) is 1.87. The van der Waals surface area contributed by atoms with Gasteiger partial charge in [-0.3, -0.25) is 0 Å². The largest absolute Gasteiger partial charge is 0.497 e. The molecule has 0 spiro atoms. The van der Waals surface area contributed by atoms with Crippen molar-refractivity contribution in [1.29, 1.82) is 0 Å². The van der Waals surface area contributed by atoms with Gasteiger partial charge in [0.1, 0.15) is 5.75 Å². The number of aliphatic hydroxyl groups excluding tert-OH is 1. The Morgan fingerprint density at radius 2 is 2.00 bits per heavy atom. The van der Waals surface area contributed by atoms with Crippen LogP contribution in [0, 0.1) is 5.92 Å². The first-order chi connectivity index (χ1) is 6.72. The highest BCUT2D eigenvalue weighted by atomic mass is 16.5. The third-order valence-electron chi connectivity index (χ3n) is 3.00. The van der Waals surface area contributed by atoms with Crippen molar-refractivity contribution in [3.05, 3.63) is 29.8 Å². The number of methoxy groups -OCH3 is 1. The fourth-order valence-corrected chi connectivity index (χ4v) is 1.98. The van der Waals surface area contributed by atoms with Gasteiger partial charge in [0.25, 0.3) is 0 Å². The molecule has 0 unspecified atom stereocenters. The Bertz CT molecular complexity index is 303. The van der Waals surface area contributed by atoms with Crippen LogP contribution >= 0.6 is 0 Å². The standard InChI is InChI=1S/C12H16O2/c1-8(13)11-7-12(11)9-3-5-10(14-2)6-4-9/h3-6,8,11-13H,7H2,1-2H3/t8-,11-,12+/m1/s1. The monoisotopic (exact) mass is 192 g/mol. The van der Waals surface area contributed by atoms with E-state index in [0.29, 0.717) is 11.8 Å². The van der Waals surface area contributed by atoms with Gasteiger partial charge in [-0.25, -0.2) is 0 Å². The van der Waals surface area contributed by atoms with Crippen LogP contribution in [0.3, 0.4) is 0 Å². The molecule has 3 atom stereocenters. The van der Waals surface area contributed by atoms with Crippen LogP contribution in [0.25, 0.3) is 0 Å². The first-order valence-corrected chi connectivity index (χ1v) is 5.04. The lowest BCUT2D eigenvalue weighted by Gasteiger charge is -2.04. The minimum absolute atomic E-state index is 0.179. The van der Waals surface area contributed by atoms with E-state index in [2.05, 4.69) is 12.1 Å². The van der Waals surface area contributed by atoms with E-state index in [9.17, 15) is 5.11 Å². The fraction of sp³-hybridized carbons (Fsp3) is 0.500. The Labute approximate surface area is 84.5 Å². The number of benzene rings is 1. The molecule has 2 nitrogen and oxygen atoms in total. The van der Waals surface area contributed by atoms with Crippen molar-refractivity contribution >= 4 is 0 Å². The summed E-state index contributed by atoms with van der Waals surface area (Å²) in [6, 6.07) is 8.14. The van der Waals surface area contributed by atoms with E-state index >= 15 is 0 Å². The van der Waals surface area contributed by atoms with Gasteiger partial charge in [-0.05, 0) is 42.9 Å². The summed E-state index contributed by atoms with van der Waals surface area (Å²) in [6.07, 6.45) is 0.936. The molecule has 0 aromatic heterocycles. The van der Waals surface area contributed by atoms with Crippen molar-refractivity contribution in [3.8, 4) is 5.75 Å². The van der Waals surface area contributed by atoms with Gasteiger partial charge in [-0.1, -0.05) is 12.1 Å². The Hall–Kier alpha value is -1.02. The number of hydrogen-bond acceptors (Lipinski definition) is 2. The number of rotatable bonds is 3. The molecule has 0 amide bonds. The van der Waals surface area contributed by atoms with E-state index in [4.69, 9.17) is 4.74 Å². The SMILES string of the molecule is COc1ccc([C@@H]2C[C@@H]2[C@@H](C)O)cc1. The summed E-state index contributed by atoms with van der Waals surface area (Å²) < 4.78 is 5.09. The molecule has 14 heavy (non-hydrogen) atoms. The Kier molecular flexibility index (Phi) is 2.46. The van der Waals surface area contributed by atoms with Gasteiger partial charge in [-0.15, -0.1) is 0 Å². The van der Waals surface area contributed by atoms with E-state index in [1.165, 1.54) is 5.56 Å². The third-order valence-corrected chi connectivity index (χ3v) is 3.00. The predicted molar refractivity (Wildman–Crippen MR) is 55.5 cm³/mol. The van der Waals surface area contributed by atoms with Crippen LogP contribution in [-0.4, -0.2) is 18.3 Å². The van der Waals surface area contributed by atoms with Crippen LogP contribution in [-0.2, 0) is 0 Å². The lowest BCUT2D eigenvalue weighted by molar-refractivity contribution is 0.169. The van der Waals surface area contributed by atoms with Crippen LogP contribution in [0.15, 0.2) is 24.3 Å². The molecule has 76 valence electrons. The van der Waals surface area contributed by atoms with Gasteiger partial charge in [0.15, 0.2) is 0 Å². The van der Waals surface area contributed by atoms with Gasteiger partial charge in [0.05, 0.1) is 13.2 Å². The molecule has 1 fully saturated rings. The topological polar surface area (TPSA) is 29.5 Å². The van der Waals surface area contributed by atoms with E-state index in [1.807, 2.05) is 19.1 Å². The maximum Gasteiger partial charge on any atom is 0.118 e. The second kappa shape index (κ2) is 3.62. The zero-order valence-corrected chi connectivity index (χ0v) is 8.60. The predicted octanol–water partition coefficient (Wildman–Crippen LogP) is 2.18. The van der Waals surface area contributed by atoms with Crippen molar-refractivity contribution < 1.29 is 9.84 Å². The molecule has 2 rings (SSSR count). The Balaban J connectivity index is 2.05. The van der Waals surface area contributed by atoms with Gasteiger partial charge in [0, 0.05) is 0 Å². The minimum Gasteiger partial charge on any atom is -0.497 e. The van der Waals surface area contributed by atoms with Crippen LogP contribution in [0.1, 0.15) is 24.8 Å². The average Bonchev–Trinajstić information content (AvgIpc) is 2.97. The quantitative estimate of drug-likeness (QED) is 0.795. The maximum atomic E-state index is 9.40. The summed E-state index contributed by atoms with van der Waals surface area (Å²) in [7, 11) is 1.67. The molecular formula is C12H16O2. The molecule has 0 aliphatic heterocycles. The summed E-state index contributed by atoms with van der Waals surface area (Å²) in [5.41, 5.74) is 1.32. The molecule has 0 heterocycles. The molecule has 1 aromatic rings. The molecule has 1 N–H and O–H groups in total. The second-order valence-electron chi connectivity index (χ2n) is 4.02. The number of ether oxygens (including phenoxy) is 1. The van der Waals surface area contributed by atoms with Crippen LogP contribution in [0.2, 0.25) is 0 Å². The third kappa shape index (κ3) is 1.75. The highest BCUT2D eigenvalue weighted by Crippen LogP contribution is 2.49. The number of hydrogen-bond donors (Lipinski definition) is 1. The second-order valence-corrected chi connectivity index (χ2v) is 4.02. The lowest BCUT2D eigenvalue weighted by atomic mass is 10.1. The van der Waals surface area contributed by atoms with Gasteiger partial charge >= 0.3 is 0 Å². The Morgan fingerprint density at radius 1 is 1.36 bits per heavy atom. The maximum absolute atomic E-state index is 9.40. The van der Waals surface area contributed by atoms with E-state index in [-0.39, 0.29) is 6.10 Å². The molecule has 0 saturated heterocycles. The zero-order valence-electron chi connectivity index (χ0n) is 8.60. The van der Waals surface area contributed by atoms with Crippen LogP contribution in [0.4, 0.5) is 0 Å². The van der Waals surface area contributed by atoms with Gasteiger partial charge < -0.3 is 9.84 Å². The van der Waals surface area contributed by atoms with Crippen molar-refractivity contribution in [2.24, 2.45) is 5.92 Å². The first-order valence-electron chi connectivity index (χ1n) is 5.04. The van der Waals surface area contributed by atoms with Crippen LogP contribution in [0.5, 0.6) is 5.75 Å². The molecule has 1 aromatic carbocycles. The van der Waals surface area contributed by atoms with E-state index in [0.717, 1.165) is 12.2 Å². The smallest absolute Gasteiger partial charge is 0.118 e. The van der Waals surface area contributed by atoms with Crippen molar-refractivity contribution in [1.82, 2.24) is 0 Å². The molecule has 1 aliphatic rings. The number of aliphatic hydroxyl groups is 1. The zero-order chi connectivity index (χ0) is 10.1. The molecule has 1 aliphatic carbocycles. The highest BCUT2D eigenvalue weighted by Gasteiger charge is 2.41. The normalized spacial score (nSPS) is 27.1. The molecular weight excluding hydrogens is 176 g/mol. The summed E-state index contributed by atoms with van der Waals surface area (Å²) >= 11 is 0. The van der Waals surface area contributed by atoms with Crippen molar-refractivity contribution in [3.63, 3.8) is 0 Å². The first kappa shape index (κ1) is 9.53. The fourth-order valence-electron chi connectivity index (χ4n) is 1.98. The van der Waals surface area contributed by atoms with E-state index in [1.54, 1.807) is 7.11 Å². The minimum atomic E-state index is -0.179. The van der Waals surface area contributed by atoms with Crippen molar-refractivity contribution in [2.45, 2.75) is 25.4 Å². The molecule has 0 radical (unpaired) electrons. The summed E-state index contributed by atoms with van der Waals surface area (Å²) in [5.74, 6) is 1.91. The summed E-state index contributed by atoms with van der Waals surface area (Å²) in [5, 5.41) is 9.40. The van der Waals surface area contributed by atoms with Crippen molar-refractivity contribution in [2.75, 3.05) is 7.11 Å². The molecule has 2 heteroatoms.